The highest BCUT2D eigenvalue weighted by Gasteiger charge is 2.14. The molecule has 0 saturated carbocycles. The number of benzene rings is 2. The minimum absolute atomic E-state index is 0.114. The van der Waals surface area contributed by atoms with E-state index in [2.05, 4.69) is 20.3 Å². The van der Waals surface area contributed by atoms with Gasteiger partial charge in [-0.05, 0) is 41.5 Å². The van der Waals surface area contributed by atoms with Crippen LogP contribution in [0.5, 0.6) is 11.5 Å². The molecule has 1 aliphatic rings. The third-order valence-corrected chi connectivity index (χ3v) is 5.69. The Labute approximate surface area is 176 Å². The summed E-state index contributed by atoms with van der Waals surface area (Å²) in [6, 6.07) is 15.2. The van der Waals surface area contributed by atoms with Gasteiger partial charge in [-0.2, -0.15) is 0 Å². The van der Waals surface area contributed by atoms with Crippen molar-refractivity contribution in [2.45, 2.75) is 17.5 Å². The second-order valence-electron chi connectivity index (χ2n) is 6.79. The number of rotatable bonds is 6. The molecule has 0 fully saturated rings. The van der Waals surface area contributed by atoms with Crippen LogP contribution in [0.4, 0.5) is 0 Å². The van der Waals surface area contributed by atoms with E-state index in [1.165, 1.54) is 0 Å². The van der Waals surface area contributed by atoms with Crippen molar-refractivity contribution in [3.05, 3.63) is 77.6 Å². The number of pyridine rings is 1. The van der Waals surface area contributed by atoms with Crippen LogP contribution < -0.4 is 14.8 Å². The summed E-state index contributed by atoms with van der Waals surface area (Å²) in [6.45, 7) is 0.664. The molecule has 2 N–H and O–H groups in total. The number of fused-ring (bicyclic) bond motifs is 2. The molecule has 0 aliphatic carbocycles. The molecular formula is C22H18N4O3S. The highest BCUT2D eigenvalue weighted by Crippen LogP contribution is 2.32. The average Bonchev–Trinajstić information content (AvgIpc) is 3.42. The van der Waals surface area contributed by atoms with Gasteiger partial charge in [0.1, 0.15) is 0 Å². The van der Waals surface area contributed by atoms with Crippen LogP contribution in [0.2, 0.25) is 0 Å². The number of amides is 1. The van der Waals surface area contributed by atoms with Gasteiger partial charge < -0.3 is 19.8 Å². The normalized spacial score (nSPS) is 12.3. The van der Waals surface area contributed by atoms with E-state index in [1.807, 2.05) is 48.5 Å². The van der Waals surface area contributed by atoms with E-state index in [0.29, 0.717) is 17.9 Å². The largest absolute Gasteiger partial charge is 0.454 e. The quantitative estimate of drug-likeness (QED) is 0.462. The van der Waals surface area contributed by atoms with E-state index in [4.69, 9.17) is 9.47 Å². The van der Waals surface area contributed by atoms with Gasteiger partial charge in [-0.1, -0.05) is 30.0 Å². The first kappa shape index (κ1) is 18.5. The highest BCUT2D eigenvalue weighted by atomic mass is 32.2. The molecule has 2 aromatic heterocycles. The molecular weight excluding hydrogens is 400 g/mol. The molecule has 30 heavy (non-hydrogen) atoms. The van der Waals surface area contributed by atoms with Gasteiger partial charge in [-0.15, -0.1) is 0 Å². The summed E-state index contributed by atoms with van der Waals surface area (Å²) in [6.07, 6.45) is 3.50. The first-order chi connectivity index (χ1) is 14.7. The lowest BCUT2D eigenvalue weighted by Gasteiger charge is -2.07. The van der Waals surface area contributed by atoms with Gasteiger partial charge in [-0.25, -0.2) is 4.98 Å². The van der Waals surface area contributed by atoms with Gasteiger partial charge in [0.05, 0.1) is 17.2 Å². The number of H-pyrrole nitrogens is 1. The molecule has 0 unspecified atom stereocenters. The summed E-state index contributed by atoms with van der Waals surface area (Å²) in [5, 5.41) is 3.79. The van der Waals surface area contributed by atoms with Crippen molar-refractivity contribution >= 4 is 28.7 Å². The molecule has 2 aromatic carbocycles. The number of thioether (sulfide) groups is 1. The summed E-state index contributed by atoms with van der Waals surface area (Å²) < 4.78 is 10.7. The lowest BCUT2D eigenvalue weighted by molar-refractivity contribution is 0.0951. The van der Waals surface area contributed by atoms with E-state index in [9.17, 15) is 4.79 Å². The molecule has 0 spiro atoms. The second kappa shape index (κ2) is 8.08. The Bertz CT molecular complexity index is 1170. The van der Waals surface area contributed by atoms with E-state index in [1.54, 1.807) is 24.2 Å². The number of aromatic nitrogens is 3. The van der Waals surface area contributed by atoms with E-state index < -0.39 is 0 Å². The molecule has 1 aliphatic heterocycles. The first-order valence-electron chi connectivity index (χ1n) is 9.43. The van der Waals surface area contributed by atoms with Crippen LogP contribution in [0.1, 0.15) is 21.5 Å². The lowest BCUT2D eigenvalue weighted by atomic mass is 10.1. The Balaban J connectivity index is 1.16. The van der Waals surface area contributed by atoms with Gasteiger partial charge >= 0.3 is 0 Å². The van der Waals surface area contributed by atoms with Crippen molar-refractivity contribution in [2.75, 3.05) is 6.79 Å². The highest BCUT2D eigenvalue weighted by molar-refractivity contribution is 7.98. The number of carbonyl (C=O) groups is 1. The fourth-order valence-corrected chi connectivity index (χ4v) is 3.98. The third kappa shape index (κ3) is 3.95. The number of nitrogens with zero attached hydrogens (tertiary/aromatic N) is 2. The van der Waals surface area contributed by atoms with Crippen molar-refractivity contribution in [3.63, 3.8) is 0 Å². The summed E-state index contributed by atoms with van der Waals surface area (Å²) >= 11 is 1.61. The Kier molecular flexibility index (Phi) is 4.98. The monoisotopic (exact) mass is 418 g/mol. The topological polar surface area (TPSA) is 89.1 Å². The molecule has 1 amide bonds. The zero-order valence-electron chi connectivity index (χ0n) is 15.9. The van der Waals surface area contributed by atoms with Crippen LogP contribution in [0, 0.1) is 0 Å². The zero-order valence-corrected chi connectivity index (χ0v) is 16.7. The molecule has 0 saturated heterocycles. The molecule has 8 heteroatoms. The van der Waals surface area contributed by atoms with Crippen molar-refractivity contribution in [1.82, 2.24) is 20.3 Å². The minimum Gasteiger partial charge on any atom is -0.454 e. The molecule has 7 nitrogen and oxygen atoms in total. The Morgan fingerprint density at radius 3 is 2.77 bits per heavy atom. The first-order valence-corrected chi connectivity index (χ1v) is 10.4. The number of ether oxygens (including phenoxy) is 2. The number of hydrogen-bond donors (Lipinski definition) is 2. The summed E-state index contributed by atoms with van der Waals surface area (Å²) in [4.78, 5) is 24.3. The van der Waals surface area contributed by atoms with E-state index in [0.717, 1.165) is 38.8 Å². The number of nitrogens with one attached hydrogen (secondary N) is 2. The summed E-state index contributed by atoms with van der Waals surface area (Å²) in [5.74, 6) is 2.09. The predicted molar refractivity (Wildman–Crippen MR) is 114 cm³/mol. The molecule has 0 bridgehead atoms. The number of aromatic amines is 1. The number of hydrogen-bond acceptors (Lipinski definition) is 6. The van der Waals surface area contributed by atoms with Crippen LogP contribution >= 0.6 is 11.8 Å². The molecule has 5 rings (SSSR count). The van der Waals surface area contributed by atoms with Crippen molar-refractivity contribution in [2.24, 2.45) is 0 Å². The Morgan fingerprint density at radius 2 is 1.90 bits per heavy atom. The van der Waals surface area contributed by atoms with Crippen molar-refractivity contribution in [3.8, 4) is 11.5 Å². The zero-order chi connectivity index (χ0) is 20.3. The molecule has 0 radical (unpaired) electrons. The van der Waals surface area contributed by atoms with Gasteiger partial charge in [0.15, 0.2) is 16.7 Å². The van der Waals surface area contributed by atoms with Gasteiger partial charge in [0.2, 0.25) is 6.79 Å². The van der Waals surface area contributed by atoms with Gasteiger partial charge in [-0.3, -0.25) is 9.78 Å². The standard InChI is InChI=1S/C22H18N4O3S/c27-21(24-10-15-3-6-19-20(9-15)29-13-28-19)16-4-1-14(2-5-16)12-30-22-25-17-7-8-23-11-18(17)26-22/h1-9,11H,10,12-13H2,(H,24,27)(H,25,26). The van der Waals surface area contributed by atoms with E-state index >= 15 is 0 Å². The fraction of sp³-hybridized carbons (Fsp3) is 0.136. The predicted octanol–water partition coefficient (Wildman–Crippen LogP) is 3.91. The Hall–Kier alpha value is -3.52. The lowest BCUT2D eigenvalue weighted by Crippen LogP contribution is -2.22. The minimum atomic E-state index is -0.114. The maximum atomic E-state index is 12.4. The smallest absolute Gasteiger partial charge is 0.251 e. The van der Waals surface area contributed by atoms with Crippen LogP contribution in [0.25, 0.3) is 11.0 Å². The maximum absolute atomic E-state index is 12.4. The molecule has 3 heterocycles. The number of carbonyl (C=O) groups excluding carboxylic acids is 1. The molecule has 4 aromatic rings. The van der Waals surface area contributed by atoms with E-state index in [-0.39, 0.29) is 12.7 Å². The number of imidazole rings is 1. The second-order valence-corrected chi connectivity index (χ2v) is 7.75. The van der Waals surface area contributed by atoms with Gasteiger partial charge in [0, 0.05) is 24.1 Å². The van der Waals surface area contributed by atoms with Crippen LogP contribution in [0.15, 0.2) is 66.1 Å². The van der Waals surface area contributed by atoms with Gasteiger partial charge in [0.25, 0.3) is 5.91 Å². The molecule has 0 atom stereocenters. The van der Waals surface area contributed by atoms with Crippen LogP contribution in [-0.4, -0.2) is 27.7 Å². The summed E-state index contributed by atoms with van der Waals surface area (Å²) in [7, 11) is 0. The van der Waals surface area contributed by atoms with Crippen molar-refractivity contribution < 1.29 is 14.3 Å². The average molecular weight is 418 g/mol. The SMILES string of the molecule is O=C(NCc1ccc2c(c1)OCO2)c1ccc(CSc2nc3ccncc3[nH]2)cc1. The molecule has 150 valence electrons. The Morgan fingerprint density at radius 1 is 1.07 bits per heavy atom. The maximum Gasteiger partial charge on any atom is 0.251 e. The fourth-order valence-electron chi connectivity index (χ4n) is 3.14. The summed E-state index contributed by atoms with van der Waals surface area (Å²) in [5.41, 5.74) is 4.53. The van der Waals surface area contributed by atoms with Crippen LogP contribution in [0.3, 0.4) is 0 Å². The third-order valence-electron chi connectivity index (χ3n) is 4.74. The van der Waals surface area contributed by atoms with Crippen molar-refractivity contribution in [1.29, 1.82) is 0 Å². The van der Waals surface area contributed by atoms with Crippen LogP contribution in [-0.2, 0) is 12.3 Å².